The molecular formula is C9H10IrN2S-2. The van der Waals surface area contributed by atoms with Gasteiger partial charge in [0, 0.05) is 20.1 Å². The van der Waals surface area contributed by atoms with Crippen molar-refractivity contribution in [2.24, 2.45) is 5.10 Å². The van der Waals surface area contributed by atoms with E-state index >= 15 is 0 Å². The van der Waals surface area contributed by atoms with E-state index in [1.165, 1.54) is 0 Å². The Hall–Kier alpha value is -0.311. The maximum atomic E-state index is 4.15. The molecule has 1 radical (unpaired) electrons. The molecule has 1 aromatic rings. The molecule has 73 valence electrons. The fourth-order valence-corrected chi connectivity index (χ4v) is 1.50. The second-order valence-electron chi connectivity index (χ2n) is 2.16. The molecule has 1 heterocycles. The molecule has 0 saturated carbocycles. The first-order valence-electron chi connectivity index (χ1n) is 3.35. The molecule has 1 aliphatic rings. The molecule has 13 heavy (non-hydrogen) atoms. The van der Waals surface area contributed by atoms with E-state index in [0.717, 1.165) is 11.6 Å². The first-order valence-corrected chi connectivity index (χ1v) is 4.40. The zero-order valence-corrected chi connectivity index (χ0v) is 10.4. The Kier molecular flexibility index (Phi) is 6.04. The van der Waals surface area contributed by atoms with Gasteiger partial charge in [-0.1, -0.05) is 17.4 Å². The van der Waals surface area contributed by atoms with Gasteiger partial charge in [0.05, 0.1) is 11.4 Å². The predicted octanol–water partition coefficient (Wildman–Crippen LogP) is 2.39. The van der Waals surface area contributed by atoms with Gasteiger partial charge in [0.15, 0.2) is 0 Å². The van der Waals surface area contributed by atoms with Crippen LogP contribution in [0.2, 0.25) is 0 Å². The Balaban J connectivity index is 0.000000720. The minimum atomic E-state index is 0. The zero-order chi connectivity index (χ0) is 7.52. The Morgan fingerprint density at radius 1 is 1.46 bits per heavy atom. The van der Waals surface area contributed by atoms with Crippen LogP contribution in [0.4, 0.5) is 5.69 Å². The van der Waals surface area contributed by atoms with Crippen LogP contribution in [0.3, 0.4) is 0 Å². The number of para-hydroxylation sites is 1. The van der Waals surface area contributed by atoms with Gasteiger partial charge < -0.3 is 7.43 Å². The van der Waals surface area contributed by atoms with E-state index in [1.807, 2.05) is 34.8 Å². The topological polar surface area (TPSA) is 15.6 Å². The van der Waals surface area contributed by atoms with E-state index in [1.54, 1.807) is 11.8 Å². The minimum Gasteiger partial charge on any atom is -0.358 e. The number of hydrogen-bond donors (Lipinski definition) is 0. The maximum absolute atomic E-state index is 4.15. The Labute approximate surface area is 96.8 Å². The molecule has 0 aliphatic carbocycles. The first kappa shape index (κ1) is 12.7. The molecule has 0 saturated heterocycles. The molecule has 2 nitrogen and oxygen atoms in total. The molecule has 2 rings (SSSR count). The van der Waals surface area contributed by atoms with Gasteiger partial charge >= 0.3 is 0 Å². The third kappa shape index (κ3) is 3.14. The Morgan fingerprint density at radius 2 is 2.31 bits per heavy atom. The van der Waals surface area contributed by atoms with Crippen molar-refractivity contribution in [3.05, 3.63) is 37.8 Å². The fraction of sp³-hybridized carbons (Fsp3) is 0.111. The normalized spacial score (nSPS) is 13.4. The summed E-state index contributed by atoms with van der Waals surface area (Å²) in [6.07, 6.45) is 0. The first-order chi connectivity index (χ1) is 5.47. The summed E-state index contributed by atoms with van der Waals surface area (Å²) in [5.74, 6) is 0.903. The minimum absolute atomic E-state index is 0. The third-order valence-corrected chi connectivity index (χ3v) is 2.07. The van der Waals surface area contributed by atoms with Crippen LogP contribution in [0.25, 0.3) is 0 Å². The number of hydrazone groups is 1. The molecule has 0 aromatic heterocycles. The van der Waals surface area contributed by atoms with Crippen LogP contribution < -0.4 is 5.01 Å². The predicted molar refractivity (Wildman–Crippen MR) is 55.1 cm³/mol. The van der Waals surface area contributed by atoms with Gasteiger partial charge in [0.1, 0.15) is 0 Å². The van der Waals surface area contributed by atoms with Crippen LogP contribution >= 0.6 is 11.8 Å². The van der Waals surface area contributed by atoms with Crippen LogP contribution in [0.1, 0.15) is 0 Å². The van der Waals surface area contributed by atoms with E-state index < -0.39 is 0 Å². The van der Waals surface area contributed by atoms with Gasteiger partial charge in [0.25, 0.3) is 0 Å². The molecule has 0 bridgehead atoms. The largest absolute Gasteiger partial charge is 0.358 e. The van der Waals surface area contributed by atoms with Crippen molar-refractivity contribution in [1.29, 1.82) is 0 Å². The van der Waals surface area contributed by atoms with E-state index in [-0.39, 0.29) is 27.5 Å². The maximum Gasteiger partial charge on any atom is 0.0901 e. The molecule has 1 aliphatic heterocycles. The third-order valence-electron chi connectivity index (χ3n) is 1.43. The fourth-order valence-electron chi connectivity index (χ4n) is 0.904. The second-order valence-corrected chi connectivity index (χ2v) is 2.97. The number of hydrogen-bond acceptors (Lipinski definition) is 3. The van der Waals surface area contributed by atoms with Crippen molar-refractivity contribution in [2.45, 2.75) is 0 Å². The van der Waals surface area contributed by atoms with Crippen LogP contribution in [0.5, 0.6) is 0 Å². The van der Waals surface area contributed by atoms with E-state index in [2.05, 4.69) is 11.2 Å². The van der Waals surface area contributed by atoms with Crippen LogP contribution in [0.15, 0.2) is 29.4 Å². The van der Waals surface area contributed by atoms with Crippen molar-refractivity contribution in [2.75, 3.05) is 10.9 Å². The Morgan fingerprint density at radius 3 is 2.85 bits per heavy atom. The van der Waals surface area contributed by atoms with Crippen LogP contribution in [0, 0.1) is 13.5 Å². The van der Waals surface area contributed by atoms with Crippen molar-refractivity contribution in [3.8, 4) is 0 Å². The number of nitrogens with zero attached hydrogens (tertiary/aromatic N) is 2. The SMILES string of the molecule is [CH3-].[Ir].[c-]1ccccc1N1CSC=N1. The smallest absolute Gasteiger partial charge is 0.0901 e. The number of anilines is 1. The summed E-state index contributed by atoms with van der Waals surface area (Å²) < 4.78 is 0. The molecule has 0 unspecified atom stereocenters. The van der Waals surface area contributed by atoms with Gasteiger partial charge in [0.2, 0.25) is 0 Å². The summed E-state index contributed by atoms with van der Waals surface area (Å²) in [7, 11) is 0. The van der Waals surface area contributed by atoms with Crippen LogP contribution in [-0.4, -0.2) is 11.4 Å². The zero-order valence-electron chi connectivity index (χ0n) is 7.23. The van der Waals surface area contributed by atoms with E-state index in [9.17, 15) is 0 Å². The second kappa shape index (κ2) is 6.19. The van der Waals surface area contributed by atoms with Gasteiger partial charge in [-0.05, 0) is 0 Å². The number of thioether (sulfide) groups is 1. The van der Waals surface area contributed by atoms with Crippen LogP contribution in [-0.2, 0) is 20.1 Å². The summed E-state index contributed by atoms with van der Waals surface area (Å²) in [5.41, 5.74) is 2.88. The van der Waals surface area contributed by atoms with E-state index in [0.29, 0.717) is 0 Å². The summed E-state index contributed by atoms with van der Waals surface area (Å²) in [4.78, 5) is 0. The molecule has 0 N–H and O–H groups in total. The molecule has 1 aromatic carbocycles. The molecule has 4 heteroatoms. The van der Waals surface area contributed by atoms with Gasteiger partial charge in [-0.2, -0.15) is 29.4 Å². The monoisotopic (exact) mass is 371 g/mol. The summed E-state index contributed by atoms with van der Waals surface area (Å²) in [6, 6.07) is 11.0. The van der Waals surface area contributed by atoms with Crippen molar-refractivity contribution < 1.29 is 20.1 Å². The standard InChI is InChI=1S/C8H7N2S.CH3.Ir/c1-2-4-8(5-3-1)10-7-11-6-9-10;;/h1-4,6H,7H2;1H3;/q2*-1;. The van der Waals surface area contributed by atoms with E-state index in [4.69, 9.17) is 0 Å². The van der Waals surface area contributed by atoms with Crippen molar-refractivity contribution >= 4 is 23.0 Å². The average Bonchev–Trinajstić information content (AvgIpc) is 2.58. The Bertz CT molecular complexity index is 264. The van der Waals surface area contributed by atoms with Crippen molar-refractivity contribution in [1.82, 2.24) is 0 Å². The quantitative estimate of drug-likeness (QED) is 0.706. The molecular weight excluding hydrogens is 360 g/mol. The molecule has 0 amide bonds. The van der Waals surface area contributed by atoms with Gasteiger partial charge in [-0.25, -0.2) is 0 Å². The number of rotatable bonds is 1. The van der Waals surface area contributed by atoms with Crippen molar-refractivity contribution in [3.63, 3.8) is 0 Å². The molecule has 0 atom stereocenters. The molecule has 0 spiro atoms. The average molecular weight is 370 g/mol. The summed E-state index contributed by atoms with van der Waals surface area (Å²) in [5, 5.41) is 6.07. The summed E-state index contributed by atoms with van der Waals surface area (Å²) in [6.45, 7) is 0. The van der Waals surface area contributed by atoms with Gasteiger partial charge in [-0.15, -0.1) is 6.07 Å². The summed E-state index contributed by atoms with van der Waals surface area (Å²) >= 11 is 1.69. The number of benzene rings is 1. The molecule has 0 fully saturated rings. The van der Waals surface area contributed by atoms with Gasteiger partial charge in [-0.3, -0.25) is 5.01 Å².